The molecular formula is C9H18N2O2. The average Bonchev–Trinajstić information content (AvgIpc) is 2.34. The number of carbonyl (C=O) groups excluding carboxylic acids is 1. The van der Waals surface area contributed by atoms with Gasteiger partial charge in [0.1, 0.15) is 6.10 Å². The molecule has 0 radical (unpaired) electrons. The normalized spacial score (nSPS) is 25.8. The Kier molecular flexibility index (Phi) is 3.54. The number of hydrogen-bond acceptors (Lipinski definition) is 3. The van der Waals surface area contributed by atoms with E-state index in [9.17, 15) is 4.79 Å². The minimum absolute atomic E-state index is 0.0990. The Morgan fingerprint density at radius 2 is 2.46 bits per heavy atom. The van der Waals surface area contributed by atoms with Crippen molar-refractivity contribution in [2.45, 2.75) is 38.8 Å². The van der Waals surface area contributed by atoms with Gasteiger partial charge in [-0.2, -0.15) is 0 Å². The second kappa shape index (κ2) is 4.46. The van der Waals surface area contributed by atoms with Gasteiger partial charge in [-0.3, -0.25) is 4.90 Å². The van der Waals surface area contributed by atoms with Crippen LogP contribution in [0.4, 0.5) is 4.79 Å². The largest absolute Gasteiger partial charge is 0.445 e. The maximum absolute atomic E-state index is 10.4. The molecule has 76 valence electrons. The fraction of sp³-hybridized carbons (Fsp3) is 0.889. The van der Waals surface area contributed by atoms with Crippen LogP contribution in [0, 0.1) is 0 Å². The van der Waals surface area contributed by atoms with Crippen molar-refractivity contribution in [2.24, 2.45) is 5.73 Å². The zero-order valence-corrected chi connectivity index (χ0v) is 8.32. The number of likely N-dealkylation sites (tertiary alicyclic amines) is 1. The molecule has 0 saturated carbocycles. The number of ether oxygens (including phenoxy) is 1. The highest BCUT2D eigenvalue weighted by atomic mass is 16.6. The number of primary amides is 1. The first-order chi connectivity index (χ1) is 6.09. The molecule has 13 heavy (non-hydrogen) atoms. The Bertz CT molecular complexity index is 184. The molecule has 0 aliphatic carbocycles. The smallest absolute Gasteiger partial charge is 0.404 e. The molecule has 0 aromatic carbocycles. The summed E-state index contributed by atoms with van der Waals surface area (Å²) in [6.45, 7) is 5.97. The van der Waals surface area contributed by atoms with Gasteiger partial charge in [0.15, 0.2) is 0 Å². The van der Waals surface area contributed by atoms with Crippen LogP contribution in [0.5, 0.6) is 0 Å². The van der Waals surface area contributed by atoms with E-state index in [-0.39, 0.29) is 6.10 Å². The van der Waals surface area contributed by atoms with Gasteiger partial charge in [-0.05, 0) is 33.2 Å². The molecule has 1 aliphatic heterocycles. The van der Waals surface area contributed by atoms with E-state index in [4.69, 9.17) is 10.5 Å². The summed E-state index contributed by atoms with van der Waals surface area (Å²) in [5.74, 6) is 0. The van der Waals surface area contributed by atoms with Crippen LogP contribution in [0.25, 0.3) is 0 Å². The summed E-state index contributed by atoms with van der Waals surface area (Å²) in [5, 5.41) is 0. The highest BCUT2D eigenvalue weighted by Crippen LogP contribution is 2.16. The first-order valence-corrected chi connectivity index (χ1v) is 4.79. The maximum Gasteiger partial charge on any atom is 0.404 e. The topological polar surface area (TPSA) is 55.6 Å². The zero-order chi connectivity index (χ0) is 9.84. The highest BCUT2D eigenvalue weighted by molar-refractivity contribution is 5.64. The third-order valence-corrected chi connectivity index (χ3v) is 2.50. The minimum Gasteiger partial charge on any atom is -0.445 e. The van der Waals surface area contributed by atoms with Gasteiger partial charge in [0.25, 0.3) is 0 Å². The third-order valence-electron chi connectivity index (χ3n) is 2.50. The van der Waals surface area contributed by atoms with E-state index in [0.717, 1.165) is 13.1 Å². The molecule has 1 rings (SSSR count). The molecule has 1 fully saturated rings. The Balaban J connectivity index is 2.26. The van der Waals surface area contributed by atoms with Gasteiger partial charge in [-0.25, -0.2) is 4.79 Å². The van der Waals surface area contributed by atoms with E-state index in [1.165, 1.54) is 12.8 Å². The molecule has 0 bridgehead atoms. The SMILES string of the molecule is CC(CN1CCCC1C)OC(N)=O. The summed E-state index contributed by atoms with van der Waals surface area (Å²) in [7, 11) is 0. The summed E-state index contributed by atoms with van der Waals surface area (Å²) in [6.07, 6.45) is 1.70. The van der Waals surface area contributed by atoms with Crippen molar-refractivity contribution in [1.82, 2.24) is 4.90 Å². The molecular weight excluding hydrogens is 168 g/mol. The van der Waals surface area contributed by atoms with E-state index in [2.05, 4.69) is 11.8 Å². The Morgan fingerprint density at radius 3 is 2.92 bits per heavy atom. The number of amides is 1. The number of nitrogens with two attached hydrogens (primary N) is 1. The Morgan fingerprint density at radius 1 is 1.77 bits per heavy atom. The fourth-order valence-corrected chi connectivity index (χ4v) is 1.83. The van der Waals surface area contributed by atoms with Gasteiger partial charge >= 0.3 is 6.09 Å². The van der Waals surface area contributed by atoms with Crippen LogP contribution in [-0.2, 0) is 4.74 Å². The predicted molar refractivity (Wildman–Crippen MR) is 50.4 cm³/mol. The van der Waals surface area contributed by atoms with Gasteiger partial charge in [0.05, 0.1) is 0 Å². The van der Waals surface area contributed by atoms with Crippen LogP contribution in [-0.4, -0.2) is 36.2 Å². The van der Waals surface area contributed by atoms with Crippen molar-refractivity contribution >= 4 is 6.09 Å². The average molecular weight is 186 g/mol. The first-order valence-electron chi connectivity index (χ1n) is 4.79. The van der Waals surface area contributed by atoms with E-state index < -0.39 is 6.09 Å². The standard InChI is InChI=1S/C9H18N2O2/c1-7-4-3-5-11(7)6-8(2)13-9(10)12/h7-8H,3-6H2,1-2H3,(H2,10,12). The maximum atomic E-state index is 10.4. The van der Waals surface area contributed by atoms with Crippen molar-refractivity contribution in [3.05, 3.63) is 0 Å². The van der Waals surface area contributed by atoms with Crippen molar-refractivity contribution < 1.29 is 9.53 Å². The van der Waals surface area contributed by atoms with Gasteiger partial charge in [0, 0.05) is 12.6 Å². The first kappa shape index (κ1) is 10.3. The molecule has 4 heteroatoms. The molecule has 1 saturated heterocycles. The van der Waals surface area contributed by atoms with Gasteiger partial charge in [-0.1, -0.05) is 0 Å². The van der Waals surface area contributed by atoms with Gasteiger partial charge in [-0.15, -0.1) is 0 Å². The lowest BCUT2D eigenvalue weighted by atomic mass is 10.2. The molecule has 2 atom stereocenters. The molecule has 1 aliphatic rings. The van der Waals surface area contributed by atoms with Crippen molar-refractivity contribution in [2.75, 3.05) is 13.1 Å². The van der Waals surface area contributed by atoms with Crippen molar-refractivity contribution in [1.29, 1.82) is 0 Å². The summed E-state index contributed by atoms with van der Waals surface area (Å²) in [4.78, 5) is 12.8. The lowest BCUT2D eigenvalue weighted by molar-refractivity contribution is 0.0847. The second-order valence-corrected chi connectivity index (χ2v) is 3.73. The fourth-order valence-electron chi connectivity index (χ4n) is 1.83. The van der Waals surface area contributed by atoms with Crippen LogP contribution < -0.4 is 5.73 Å². The van der Waals surface area contributed by atoms with E-state index >= 15 is 0 Å². The number of carbonyl (C=O) groups is 1. The molecule has 1 amide bonds. The molecule has 0 aromatic heterocycles. The van der Waals surface area contributed by atoms with Crippen molar-refractivity contribution in [3.63, 3.8) is 0 Å². The summed E-state index contributed by atoms with van der Waals surface area (Å²) < 4.78 is 4.86. The number of nitrogens with zero attached hydrogens (tertiary/aromatic N) is 1. The Hall–Kier alpha value is -0.770. The molecule has 1 heterocycles. The molecule has 2 unspecified atom stereocenters. The van der Waals surface area contributed by atoms with Gasteiger partial charge < -0.3 is 10.5 Å². The molecule has 2 N–H and O–H groups in total. The van der Waals surface area contributed by atoms with Crippen LogP contribution >= 0.6 is 0 Å². The van der Waals surface area contributed by atoms with E-state index in [0.29, 0.717) is 6.04 Å². The molecule has 4 nitrogen and oxygen atoms in total. The Labute approximate surface area is 79.0 Å². The van der Waals surface area contributed by atoms with E-state index in [1.54, 1.807) is 0 Å². The monoisotopic (exact) mass is 186 g/mol. The van der Waals surface area contributed by atoms with Crippen LogP contribution in [0.2, 0.25) is 0 Å². The minimum atomic E-state index is -0.681. The predicted octanol–water partition coefficient (Wildman–Crippen LogP) is 0.955. The van der Waals surface area contributed by atoms with Crippen LogP contribution in [0.1, 0.15) is 26.7 Å². The second-order valence-electron chi connectivity index (χ2n) is 3.73. The summed E-state index contributed by atoms with van der Waals surface area (Å²) >= 11 is 0. The van der Waals surface area contributed by atoms with Crippen molar-refractivity contribution in [3.8, 4) is 0 Å². The third kappa shape index (κ3) is 3.22. The molecule has 0 aromatic rings. The summed E-state index contributed by atoms with van der Waals surface area (Å²) in [6, 6.07) is 0.610. The van der Waals surface area contributed by atoms with Crippen LogP contribution in [0.3, 0.4) is 0 Å². The summed E-state index contributed by atoms with van der Waals surface area (Å²) in [5.41, 5.74) is 4.92. The van der Waals surface area contributed by atoms with E-state index in [1.807, 2.05) is 6.92 Å². The zero-order valence-electron chi connectivity index (χ0n) is 8.32. The quantitative estimate of drug-likeness (QED) is 0.714. The lowest BCUT2D eigenvalue weighted by Gasteiger charge is -2.24. The number of rotatable bonds is 3. The highest BCUT2D eigenvalue weighted by Gasteiger charge is 2.22. The molecule has 0 spiro atoms. The van der Waals surface area contributed by atoms with Crippen LogP contribution in [0.15, 0.2) is 0 Å². The van der Waals surface area contributed by atoms with Gasteiger partial charge in [0.2, 0.25) is 0 Å². The number of hydrogen-bond donors (Lipinski definition) is 1. The lowest BCUT2D eigenvalue weighted by Crippen LogP contribution is -2.36.